The van der Waals surface area contributed by atoms with Gasteiger partial charge in [-0.15, -0.1) is 20.5 Å². The Hall–Kier alpha value is -7.20. The van der Waals surface area contributed by atoms with E-state index in [2.05, 4.69) is 25.8 Å². The lowest BCUT2D eigenvalue weighted by Gasteiger charge is -2.13. The molecule has 0 aromatic heterocycles. The van der Waals surface area contributed by atoms with Crippen LogP contribution in [0.5, 0.6) is 23.0 Å². The van der Waals surface area contributed by atoms with Crippen LogP contribution in [-0.4, -0.2) is 72.5 Å². The van der Waals surface area contributed by atoms with E-state index in [-0.39, 0.29) is 55.5 Å². The Labute approximate surface area is 321 Å². The fourth-order valence-corrected chi connectivity index (χ4v) is 6.94. The lowest BCUT2D eigenvalue weighted by molar-refractivity contribution is 0.0686. The van der Waals surface area contributed by atoms with Crippen LogP contribution in [0.25, 0.3) is 21.5 Å². The molecular weight excluding hydrogens is 791 g/mol. The molecule has 0 radical (unpaired) electrons. The highest BCUT2D eigenvalue weighted by Gasteiger charge is 2.24. The summed E-state index contributed by atoms with van der Waals surface area (Å²) in [7, 11) is -7.50. The van der Waals surface area contributed by atoms with Gasteiger partial charge in [0, 0.05) is 22.1 Å². The predicted molar refractivity (Wildman–Crippen MR) is 202 cm³/mol. The van der Waals surface area contributed by atoms with Gasteiger partial charge < -0.3 is 35.2 Å². The zero-order valence-electron chi connectivity index (χ0n) is 29.1. The second-order valence-electron chi connectivity index (χ2n) is 11.9. The monoisotopic (exact) mass is 817 g/mol. The van der Waals surface area contributed by atoms with E-state index < -0.39 is 64.8 Å². The van der Waals surface area contributed by atoms with Crippen LogP contribution in [0.1, 0.15) is 20.7 Å². The molecule has 0 aliphatic rings. The lowest BCUT2D eigenvalue weighted by Crippen LogP contribution is -2.00. The van der Waals surface area contributed by atoms with Crippen molar-refractivity contribution in [3.05, 3.63) is 96.1 Å². The summed E-state index contributed by atoms with van der Waals surface area (Å²) in [5.74, 6) is -3.79. The van der Waals surface area contributed by atoms with Crippen LogP contribution in [0.3, 0.4) is 0 Å². The molecule has 7 N–H and O–H groups in total. The van der Waals surface area contributed by atoms with E-state index in [1.54, 1.807) is 0 Å². The van der Waals surface area contributed by atoms with Gasteiger partial charge in [0.05, 0.1) is 25.3 Å². The number of benzene rings is 6. The molecule has 6 rings (SSSR count). The van der Waals surface area contributed by atoms with Crippen LogP contribution < -0.4 is 14.8 Å². The molecule has 0 saturated carbocycles. The molecule has 0 aliphatic heterocycles. The van der Waals surface area contributed by atoms with Crippen molar-refractivity contribution in [2.75, 3.05) is 19.5 Å². The quantitative estimate of drug-likeness (QED) is 0.0456. The lowest BCUT2D eigenvalue weighted by atomic mass is 10.1. The number of nitrogens with one attached hydrogen (secondary N) is 1. The molecule has 0 aliphatic carbocycles. The summed E-state index contributed by atoms with van der Waals surface area (Å²) < 4.78 is 80.3. The highest BCUT2D eigenvalue weighted by atomic mass is 32.2. The van der Waals surface area contributed by atoms with Crippen molar-refractivity contribution in [1.82, 2.24) is 0 Å². The summed E-state index contributed by atoms with van der Waals surface area (Å²) in [6, 6.07) is 17.9. The molecule has 0 unspecified atom stereocenters. The second-order valence-corrected chi connectivity index (χ2v) is 14.7. The Bertz CT molecular complexity index is 2750. The third-order valence-corrected chi connectivity index (χ3v) is 10.0. The van der Waals surface area contributed by atoms with E-state index in [4.69, 9.17) is 9.47 Å². The van der Waals surface area contributed by atoms with Gasteiger partial charge in [-0.25, -0.2) is 9.59 Å². The number of nitrogens with zero attached hydrogens (tertiary/aromatic N) is 4. The van der Waals surface area contributed by atoms with Crippen LogP contribution in [0.4, 0.5) is 34.1 Å². The number of carboxylic acids is 2. The maximum Gasteiger partial charge on any atom is 0.335 e. The zero-order chi connectivity index (χ0) is 41.4. The summed E-state index contributed by atoms with van der Waals surface area (Å²) in [6.07, 6.45) is 0. The van der Waals surface area contributed by atoms with Gasteiger partial charge in [0.15, 0.2) is 11.5 Å². The summed E-state index contributed by atoms with van der Waals surface area (Å²) in [5.41, 5.74) is -1.29. The normalized spacial score (nSPS) is 12.1. The van der Waals surface area contributed by atoms with Gasteiger partial charge in [-0.1, -0.05) is 0 Å². The number of methoxy groups -OCH3 is 2. The van der Waals surface area contributed by atoms with Crippen molar-refractivity contribution in [2.45, 2.75) is 9.79 Å². The molecule has 0 spiro atoms. The molecule has 0 amide bonds. The Morgan fingerprint density at radius 2 is 0.947 bits per heavy atom. The highest BCUT2D eigenvalue weighted by molar-refractivity contribution is 7.86. The van der Waals surface area contributed by atoms with Gasteiger partial charge in [-0.05, 0) is 95.7 Å². The van der Waals surface area contributed by atoms with Crippen molar-refractivity contribution in [1.29, 1.82) is 0 Å². The van der Waals surface area contributed by atoms with E-state index in [0.29, 0.717) is 11.4 Å². The maximum absolute atomic E-state index is 12.5. The van der Waals surface area contributed by atoms with Crippen molar-refractivity contribution in [2.24, 2.45) is 20.5 Å². The first-order valence-corrected chi connectivity index (χ1v) is 18.7. The van der Waals surface area contributed by atoms with E-state index in [1.807, 2.05) is 0 Å². The van der Waals surface area contributed by atoms with Gasteiger partial charge in [-0.2, -0.15) is 16.8 Å². The number of azo groups is 2. The van der Waals surface area contributed by atoms with Crippen LogP contribution in [0.15, 0.2) is 115 Å². The Balaban J connectivity index is 1.38. The van der Waals surface area contributed by atoms with Crippen LogP contribution in [0.2, 0.25) is 0 Å². The van der Waals surface area contributed by atoms with E-state index in [1.165, 1.54) is 74.9 Å². The van der Waals surface area contributed by atoms with Gasteiger partial charge in [0.1, 0.15) is 44.0 Å². The first-order chi connectivity index (χ1) is 26.9. The highest BCUT2D eigenvalue weighted by Crippen LogP contribution is 2.45. The summed E-state index contributed by atoms with van der Waals surface area (Å²) in [4.78, 5) is 21.3. The van der Waals surface area contributed by atoms with Gasteiger partial charge in [-0.3, -0.25) is 9.11 Å². The third kappa shape index (κ3) is 8.11. The molecule has 21 heteroatoms. The van der Waals surface area contributed by atoms with Crippen molar-refractivity contribution in [3.63, 3.8) is 0 Å². The molecule has 0 fully saturated rings. The van der Waals surface area contributed by atoms with Crippen LogP contribution >= 0.6 is 0 Å². The standard InChI is InChI=1S/C36H27N5O14S2/c1-54-27-9-3-17(35(44)45)13-25(27)38-40-31-29(56(48,49)50)15-19-11-21(5-7-23(19)33(31)42)37-22-6-8-24-20(12-22)16-30(57(51,52)53)32(34(24)43)41-39-26-14-18(36(46)47)4-10-28(26)55-2/h3-16,37,42-43H,1-2H3,(H,44,45)(H,46,47)(H,48,49,50)(H,51,52,53). The second kappa shape index (κ2) is 15.1. The first kappa shape index (κ1) is 39.5. The fraction of sp³-hybridized carbons (Fsp3) is 0.0556. The number of carbonyl (C=O) groups is 2. The van der Waals surface area contributed by atoms with E-state index >= 15 is 0 Å². The predicted octanol–water partition coefficient (Wildman–Crippen LogP) is 7.89. The first-order valence-electron chi connectivity index (χ1n) is 15.9. The molecular formula is C36H27N5O14S2. The number of anilines is 2. The molecule has 0 bridgehead atoms. The minimum absolute atomic E-state index is 0.0726. The number of hydrogen-bond acceptors (Lipinski definition) is 15. The Morgan fingerprint density at radius 1 is 0.561 bits per heavy atom. The number of ether oxygens (including phenoxy) is 2. The van der Waals surface area contributed by atoms with Gasteiger partial charge in [0.2, 0.25) is 0 Å². The van der Waals surface area contributed by atoms with Crippen molar-refractivity contribution < 1.29 is 65.4 Å². The number of hydrogen-bond donors (Lipinski definition) is 7. The van der Waals surface area contributed by atoms with E-state index in [0.717, 1.165) is 24.3 Å². The number of phenols is 2. The minimum Gasteiger partial charge on any atom is -0.505 e. The fourth-order valence-electron chi connectivity index (χ4n) is 5.62. The zero-order valence-corrected chi connectivity index (χ0v) is 30.8. The smallest absolute Gasteiger partial charge is 0.335 e. The molecule has 0 atom stereocenters. The summed E-state index contributed by atoms with van der Waals surface area (Å²) >= 11 is 0. The van der Waals surface area contributed by atoms with Crippen LogP contribution in [-0.2, 0) is 20.2 Å². The Morgan fingerprint density at radius 3 is 1.28 bits per heavy atom. The third-order valence-electron chi connectivity index (χ3n) is 8.31. The SMILES string of the molecule is COc1ccc(C(=O)O)cc1N=Nc1c(S(=O)(=O)O)cc2cc(Nc3ccc4c(O)c(N=Nc5cc(C(=O)O)ccc5OC)c(S(=O)(=O)O)cc4c3)ccc2c1O. The number of phenolic OH excluding ortho intramolecular Hbond substituents is 2. The Kier molecular flexibility index (Phi) is 10.5. The average molecular weight is 818 g/mol. The molecule has 57 heavy (non-hydrogen) atoms. The number of aromatic carboxylic acids is 2. The largest absolute Gasteiger partial charge is 0.505 e. The molecule has 6 aromatic carbocycles. The summed E-state index contributed by atoms with van der Waals surface area (Å²) in [5, 5.41) is 59.7. The molecule has 19 nitrogen and oxygen atoms in total. The van der Waals surface area contributed by atoms with Gasteiger partial charge >= 0.3 is 11.9 Å². The topological polar surface area (TPSA) is 304 Å². The number of rotatable bonds is 12. The molecule has 0 saturated heterocycles. The van der Waals surface area contributed by atoms with E-state index in [9.17, 15) is 56.0 Å². The van der Waals surface area contributed by atoms with Gasteiger partial charge in [0.25, 0.3) is 20.2 Å². The number of carboxylic acid groups (broad SMARTS) is 2. The van der Waals surface area contributed by atoms with Crippen molar-refractivity contribution >= 4 is 87.8 Å². The molecule has 6 aromatic rings. The minimum atomic E-state index is -5.03. The maximum atomic E-state index is 12.5. The summed E-state index contributed by atoms with van der Waals surface area (Å²) in [6.45, 7) is 0. The average Bonchev–Trinajstić information content (AvgIpc) is 3.15. The molecule has 292 valence electrons. The number of aromatic hydroxyl groups is 2. The number of fused-ring (bicyclic) bond motifs is 2. The molecule has 0 heterocycles. The van der Waals surface area contributed by atoms with Crippen molar-refractivity contribution in [3.8, 4) is 23.0 Å². The van der Waals surface area contributed by atoms with Crippen LogP contribution in [0, 0.1) is 0 Å².